The van der Waals surface area contributed by atoms with Crippen molar-refractivity contribution in [1.82, 2.24) is 0 Å². The van der Waals surface area contributed by atoms with E-state index in [0.717, 1.165) is 83.5 Å². The lowest BCUT2D eigenvalue weighted by Gasteiger charge is -2.39. The molecule has 364 valence electrons. The van der Waals surface area contributed by atoms with Crippen molar-refractivity contribution in [2.24, 2.45) is 0 Å². The first-order chi connectivity index (χ1) is 30.9. The maximum Gasteiger partial charge on any atom is 0.306 e. The van der Waals surface area contributed by atoms with E-state index in [4.69, 9.17) is 18.9 Å². The fourth-order valence-electron chi connectivity index (χ4n) is 7.40. The Morgan fingerprint density at radius 1 is 0.524 bits per heavy atom. The van der Waals surface area contributed by atoms with E-state index in [0.29, 0.717) is 13.0 Å². The summed E-state index contributed by atoms with van der Waals surface area (Å²) in [5.74, 6) is -0.324. The van der Waals surface area contributed by atoms with Crippen molar-refractivity contribution in [3.05, 3.63) is 72.9 Å². The minimum absolute atomic E-state index is 0.121. The van der Waals surface area contributed by atoms with E-state index < -0.39 is 43.4 Å². The van der Waals surface area contributed by atoms with Gasteiger partial charge in [-0.05, 0) is 83.5 Å². The Morgan fingerprint density at radius 3 is 1.48 bits per heavy atom. The maximum absolute atomic E-state index is 12.8. The van der Waals surface area contributed by atoms with E-state index in [-0.39, 0.29) is 19.2 Å². The Morgan fingerprint density at radius 2 is 0.968 bits per heavy atom. The molecule has 0 radical (unpaired) electrons. The fourth-order valence-corrected chi connectivity index (χ4v) is 7.40. The average molecular weight is 887 g/mol. The predicted molar refractivity (Wildman–Crippen MR) is 260 cm³/mol. The minimum Gasteiger partial charge on any atom is -0.457 e. The molecule has 0 aromatic carbocycles. The van der Waals surface area contributed by atoms with Crippen LogP contribution >= 0.6 is 0 Å². The Kier molecular flexibility index (Phi) is 41.7. The first-order valence-corrected chi connectivity index (χ1v) is 25.5. The van der Waals surface area contributed by atoms with Crippen molar-refractivity contribution in [2.75, 3.05) is 26.4 Å². The number of ether oxygens (including phenoxy) is 4. The SMILES string of the molecule is CC/C=C\C/C=C\C/C=C\C/C=C\C/C=C\CCCCCCCCCCCC(=O)OC(COCCCCCCCC/C=C\CCCCCCC)COC1OC(CO)C(O)C(O)C1O. The molecule has 1 fully saturated rings. The third-order valence-corrected chi connectivity index (χ3v) is 11.4. The Labute approximate surface area is 385 Å². The molecule has 1 aliphatic heterocycles. The normalized spacial score (nSPS) is 20.3. The molecule has 0 amide bonds. The van der Waals surface area contributed by atoms with Gasteiger partial charge in [0.1, 0.15) is 30.5 Å². The van der Waals surface area contributed by atoms with Crippen molar-refractivity contribution in [1.29, 1.82) is 0 Å². The fraction of sp³-hybridized carbons (Fsp3) is 0.759. The molecule has 1 saturated heterocycles. The molecule has 63 heavy (non-hydrogen) atoms. The van der Waals surface area contributed by atoms with Crippen molar-refractivity contribution >= 4 is 5.97 Å². The largest absolute Gasteiger partial charge is 0.457 e. The van der Waals surface area contributed by atoms with E-state index in [1.54, 1.807) is 0 Å². The van der Waals surface area contributed by atoms with Gasteiger partial charge < -0.3 is 39.4 Å². The molecule has 0 aromatic rings. The molecule has 4 N–H and O–H groups in total. The van der Waals surface area contributed by atoms with Gasteiger partial charge in [0.05, 0.1) is 19.8 Å². The van der Waals surface area contributed by atoms with Gasteiger partial charge in [0, 0.05) is 13.0 Å². The van der Waals surface area contributed by atoms with E-state index in [1.165, 1.54) is 96.3 Å². The average Bonchev–Trinajstić information content (AvgIpc) is 3.28. The molecule has 9 heteroatoms. The molecule has 1 rings (SSSR count). The smallest absolute Gasteiger partial charge is 0.306 e. The monoisotopic (exact) mass is 887 g/mol. The number of carbonyl (C=O) groups excluding carboxylic acids is 1. The number of carbonyl (C=O) groups is 1. The first-order valence-electron chi connectivity index (χ1n) is 25.5. The summed E-state index contributed by atoms with van der Waals surface area (Å²) < 4.78 is 22.9. The van der Waals surface area contributed by atoms with E-state index in [1.807, 2.05) is 0 Å². The number of hydrogen-bond acceptors (Lipinski definition) is 9. The highest BCUT2D eigenvalue weighted by Gasteiger charge is 2.44. The van der Waals surface area contributed by atoms with Crippen LogP contribution in [0.5, 0.6) is 0 Å². The van der Waals surface area contributed by atoms with Crippen molar-refractivity contribution in [2.45, 2.75) is 237 Å². The highest BCUT2D eigenvalue weighted by Crippen LogP contribution is 2.23. The lowest BCUT2D eigenvalue weighted by molar-refractivity contribution is -0.305. The van der Waals surface area contributed by atoms with E-state index >= 15 is 0 Å². The number of esters is 1. The summed E-state index contributed by atoms with van der Waals surface area (Å²) in [5.41, 5.74) is 0. The van der Waals surface area contributed by atoms with E-state index in [9.17, 15) is 25.2 Å². The van der Waals surface area contributed by atoms with Crippen LogP contribution in [0, 0.1) is 0 Å². The molecular formula is C54H94O9. The summed E-state index contributed by atoms with van der Waals surface area (Å²) in [7, 11) is 0. The summed E-state index contributed by atoms with van der Waals surface area (Å²) in [5, 5.41) is 40.2. The van der Waals surface area contributed by atoms with Crippen LogP contribution in [0.3, 0.4) is 0 Å². The van der Waals surface area contributed by atoms with Crippen molar-refractivity contribution in [3.63, 3.8) is 0 Å². The van der Waals surface area contributed by atoms with Gasteiger partial charge in [-0.2, -0.15) is 0 Å². The van der Waals surface area contributed by atoms with E-state index in [2.05, 4.69) is 86.8 Å². The second-order valence-corrected chi connectivity index (χ2v) is 17.2. The summed E-state index contributed by atoms with van der Waals surface area (Å²) in [6.45, 7) is 4.42. The van der Waals surface area contributed by atoms with Gasteiger partial charge in [-0.25, -0.2) is 0 Å². The molecule has 9 nitrogen and oxygen atoms in total. The number of allylic oxidation sites excluding steroid dienone is 12. The van der Waals surface area contributed by atoms with Gasteiger partial charge in [-0.1, -0.05) is 183 Å². The van der Waals surface area contributed by atoms with Crippen molar-refractivity contribution < 1.29 is 44.2 Å². The second-order valence-electron chi connectivity index (χ2n) is 17.2. The van der Waals surface area contributed by atoms with Crippen LogP contribution in [0.4, 0.5) is 0 Å². The summed E-state index contributed by atoms with van der Waals surface area (Å²) >= 11 is 0. The van der Waals surface area contributed by atoms with Crippen LogP contribution < -0.4 is 0 Å². The number of aliphatic hydroxyl groups excluding tert-OH is 4. The second kappa shape index (κ2) is 44.8. The van der Waals surface area contributed by atoms with Crippen LogP contribution in [-0.2, 0) is 23.7 Å². The van der Waals surface area contributed by atoms with Crippen LogP contribution in [0.25, 0.3) is 0 Å². The number of rotatable bonds is 43. The van der Waals surface area contributed by atoms with Gasteiger partial charge in [0.25, 0.3) is 0 Å². The molecule has 1 heterocycles. The molecule has 1 aliphatic rings. The van der Waals surface area contributed by atoms with Gasteiger partial charge >= 0.3 is 5.97 Å². The van der Waals surface area contributed by atoms with Crippen LogP contribution in [0.2, 0.25) is 0 Å². The molecule has 6 unspecified atom stereocenters. The lowest BCUT2D eigenvalue weighted by Crippen LogP contribution is -2.59. The first kappa shape index (κ1) is 58.6. The molecule has 0 spiro atoms. The summed E-state index contributed by atoms with van der Waals surface area (Å²) in [4.78, 5) is 12.8. The highest BCUT2D eigenvalue weighted by atomic mass is 16.7. The number of unbranched alkanes of at least 4 members (excludes halogenated alkanes) is 20. The van der Waals surface area contributed by atoms with Crippen LogP contribution in [-0.4, -0.2) is 89.6 Å². The molecule has 6 atom stereocenters. The number of aliphatic hydroxyl groups is 4. The van der Waals surface area contributed by atoms with Crippen molar-refractivity contribution in [3.8, 4) is 0 Å². The van der Waals surface area contributed by atoms with Gasteiger partial charge in [0.15, 0.2) is 6.29 Å². The maximum atomic E-state index is 12.8. The third kappa shape index (κ3) is 35.6. The minimum atomic E-state index is -1.54. The highest BCUT2D eigenvalue weighted by molar-refractivity contribution is 5.69. The Hall–Kier alpha value is -2.37. The zero-order valence-electron chi connectivity index (χ0n) is 40.1. The number of hydrogen-bond donors (Lipinski definition) is 4. The standard InChI is InChI=1S/C54H94O9/c1-3-5-7-9-11-13-15-17-19-20-21-22-23-24-25-26-27-28-29-31-33-35-37-39-41-43-50(56)62-48(47-61-54-53(59)52(58)51(57)49(45-55)63-54)46-60-44-42-40-38-36-34-32-30-18-16-14-12-10-8-6-4-2/h5,7,11,13,16-19,21-22,24-25,48-49,51-55,57-59H,3-4,6,8-10,12,14-15,20,23,26-47H2,1-2H3/b7-5-,13-11-,18-16-,19-17-,22-21-,25-24-. The predicted octanol–water partition coefficient (Wildman–Crippen LogP) is 12.4. The molecule has 0 aromatic heterocycles. The Bertz CT molecular complexity index is 1190. The summed E-state index contributed by atoms with van der Waals surface area (Å²) in [6, 6.07) is 0. The zero-order chi connectivity index (χ0) is 45.7. The third-order valence-electron chi connectivity index (χ3n) is 11.4. The lowest BCUT2D eigenvalue weighted by atomic mass is 9.99. The summed E-state index contributed by atoms with van der Waals surface area (Å²) in [6.07, 6.45) is 52.1. The Balaban J connectivity index is 2.21. The zero-order valence-corrected chi connectivity index (χ0v) is 40.1. The van der Waals surface area contributed by atoms with Crippen LogP contribution in [0.1, 0.15) is 200 Å². The van der Waals surface area contributed by atoms with Crippen LogP contribution in [0.15, 0.2) is 72.9 Å². The van der Waals surface area contributed by atoms with Gasteiger partial charge in [0.2, 0.25) is 0 Å². The molecule has 0 aliphatic carbocycles. The topological polar surface area (TPSA) is 135 Å². The van der Waals surface area contributed by atoms with Gasteiger partial charge in [-0.3, -0.25) is 4.79 Å². The molecular weight excluding hydrogens is 793 g/mol. The quantitative estimate of drug-likeness (QED) is 0.0268. The van der Waals surface area contributed by atoms with Gasteiger partial charge in [-0.15, -0.1) is 0 Å². The molecule has 0 bridgehead atoms. The molecule has 0 saturated carbocycles.